The molecule has 7 heteroatoms. The number of hydrogen-bond acceptors (Lipinski definition) is 5. The van der Waals surface area contributed by atoms with Crippen LogP contribution >= 0.6 is 0 Å². The van der Waals surface area contributed by atoms with Crippen LogP contribution in [0.15, 0.2) is 66.7 Å². The number of aromatic carboxylic acids is 1. The molecule has 2 aromatic heterocycles. The van der Waals surface area contributed by atoms with E-state index in [1.807, 2.05) is 42.5 Å². The number of aromatic nitrogens is 4. The van der Waals surface area contributed by atoms with Gasteiger partial charge in [0.1, 0.15) is 5.82 Å². The van der Waals surface area contributed by atoms with E-state index in [9.17, 15) is 9.90 Å². The summed E-state index contributed by atoms with van der Waals surface area (Å²) in [4.78, 5) is 11.3. The van der Waals surface area contributed by atoms with Crippen molar-refractivity contribution in [3.63, 3.8) is 0 Å². The average Bonchev–Trinajstić information content (AvgIpc) is 3.10. The van der Waals surface area contributed by atoms with Crippen molar-refractivity contribution in [2.45, 2.75) is 6.54 Å². The Balaban J connectivity index is 1.63. The molecule has 2 heterocycles. The lowest BCUT2D eigenvalue weighted by Crippen LogP contribution is -2.09. The zero-order chi connectivity index (χ0) is 17.9. The molecule has 0 saturated heterocycles. The Morgan fingerprint density at radius 3 is 2.54 bits per heavy atom. The third kappa shape index (κ3) is 2.98. The molecule has 0 fully saturated rings. The number of carboxylic acids is 1. The first kappa shape index (κ1) is 15.8. The van der Waals surface area contributed by atoms with Crippen molar-refractivity contribution in [1.82, 2.24) is 19.8 Å². The van der Waals surface area contributed by atoms with E-state index in [0.717, 1.165) is 5.56 Å². The predicted molar refractivity (Wildman–Crippen MR) is 96.9 cm³/mol. The van der Waals surface area contributed by atoms with Crippen molar-refractivity contribution in [2.24, 2.45) is 0 Å². The molecule has 128 valence electrons. The van der Waals surface area contributed by atoms with Gasteiger partial charge in [-0.25, -0.2) is 4.79 Å². The predicted octanol–water partition coefficient (Wildman–Crippen LogP) is 3.10. The maximum absolute atomic E-state index is 11.3. The number of rotatable bonds is 5. The first-order chi connectivity index (χ1) is 12.7. The molecule has 0 aliphatic carbocycles. The number of carbonyl (C=O) groups is 1. The summed E-state index contributed by atoms with van der Waals surface area (Å²) in [5.41, 5.74) is 2.52. The van der Waals surface area contributed by atoms with Gasteiger partial charge in [-0.3, -0.25) is 0 Å². The topological polar surface area (TPSA) is 92.4 Å². The van der Waals surface area contributed by atoms with Gasteiger partial charge >= 0.3 is 5.97 Å². The van der Waals surface area contributed by atoms with Crippen LogP contribution in [0.2, 0.25) is 0 Å². The number of benzene rings is 2. The van der Waals surface area contributed by atoms with E-state index in [1.165, 1.54) is 0 Å². The van der Waals surface area contributed by atoms with Crippen molar-refractivity contribution in [1.29, 1.82) is 0 Å². The zero-order valence-electron chi connectivity index (χ0n) is 13.7. The van der Waals surface area contributed by atoms with Crippen LogP contribution in [-0.4, -0.2) is 30.9 Å². The molecule has 4 aromatic rings. The van der Waals surface area contributed by atoms with Crippen molar-refractivity contribution >= 4 is 17.4 Å². The molecule has 7 nitrogen and oxygen atoms in total. The summed E-state index contributed by atoms with van der Waals surface area (Å²) in [6.45, 7) is 0.351. The minimum Gasteiger partial charge on any atom is -0.478 e. The summed E-state index contributed by atoms with van der Waals surface area (Å²) in [5, 5.41) is 25.3. The monoisotopic (exact) mass is 345 g/mol. The van der Waals surface area contributed by atoms with Crippen molar-refractivity contribution < 1.29 is 9.90 Å². The maximum atomic E-state index is 11.3. The zero-order valence-corrected chi connectivity index (χ0v) is 13.7. The number of nitrogens with one attached hydrogen (secondary N) is 1. The second kappa shape index (κ2) is 6.64. The normalized spacial score (nSPS) is 10.8. The van der Waals surface area contributed by atoms with Gasteiger partial charge in [-0.05, 0) is 23.8 Å². The van der Waals surface area contributed by atoms with E-state index in [-0.39, 0.29) is 5.56 Å². The molecule has 0 atom stereocenters. The molecule has 2 N–H and O–H groups in total. The van der Waals surface area contributed by atoms with Gasteiger partial charge in [0.2, 0.25) is 0 Å². The van der Waals surface area contributed by atoms with Crippen LogP contribution in [-0.2, 0) is 6.54 Å². The molecule has 0 bridgehead atoms. The molecule has 0 aliphatic heterocycles. The Morgan fingerprint density at radius 1 is 0.962 bits per heavy atom. The molecular formula is C19H15N5O2. The van der Waals surface area contributed by atoms with Crippen LogP contribution in [0.5, 0.6) is 0 Å². The fourth-order valence-corrected chi connectivity index (χ4v) is 2.72. The Bertz CT molecular complexity index is 1080. The van der Waals surface area contributed by atoms with Crippen molar-refractivity contribution in [2.75, 3.05) is 5.32 Å². The van der Waals surface area contributed by atoms with E-state index in [4.69, 9.17) is 0 Å². The lowest BCUT2D eigenvalue weighted by molar-refractivity contribution is 0.0696. The number of hydrogen-bond donors (Lipinski definition) is 2. The highest BCUT2D eigenvalue weighted by atomic mass is 16.4. The second-order valence-electron chi connectivity index (χ2n) is 5.69. The number of nitrogens with zero attached hydrogens (tertiary/aromatic N) is 4. The quantitative estimate of drug-likeness (QED) is 0.577. The van der Waals surface area contributed by atoms with E-state index in [2.05, 4.69) is 20.6 Å². The smallest absolute Gasteiger partial charge is 0.336 e. The second-order valence-corrected chi connectivity index (χ2v) is 5.69. The van der Waals surface area contributed by atoms with Gasteiger partial charge in [-0.1, -0.05) is 48.5 Å². The van der Waals surface area contributed by atoms with Gasteiger partial charge < -0.3 is 10.4 Å². The van der Waals surface area contributed by atoms with Crippen LogP contribution in [0.4, 0.5) is 5.82 Å². The molecule has 0 spiro atoms. The number of anilines is 1. The van der Waals surface area contributed by atoms with Crippen LogP contribution in [0, 0.1) is 0 Å². The minimum absolute atomic E-state index is 0.273. The lowest BCUT2D eigenvalue weighted by Gasteiger charge is -2.09. The van der Waals surface area contributed by atoms with Crippen molar-refractivity contribution in [3.05, 3.63) is 77.9 Å². The Morgan fingerprint density at radius 2 is 1.73 bits per heavy atom. The molecule has 0 aliphatic rings. The fraction of sp³-hybridized carbons (Fsp3) is 0.0526. The molecule has 0 saturated carbocycles. The highest BCUT2D eigenvalue weighted by Gasteiger charge is 2.11. The van der Waals surface area contributed by atoms with Crippen molar-refractivity contribution in [3.8, 4) is 11.4 Å². The van der Waals surface area contributed by atoms with E-state index >= 15 is 0 Å². The van der Waals surface area contributed by atoms with E-state index in [1.54, 1.807) is 28.8 Å². The number of fused-ring (bicyclic) bond motifs is 1. The van der Waals surface area contributed by atoms with Crippen LogP contribution in [0.25, 0.3) is 17.0 Å². The first-order valence-electron chi connectivity index (χ1n) is 8.05. The third-order valence-corrected chi connectivity index (χ3v) is 4.00. The largest absolute Gasteiger partial charge is 0.478 e. The highest BCUT2D eigenvalue weighted by molar-refractivity contribution is 5.89. The summed E-state index contributed by atoms with van der Waals surface area (Å²) in [7, 11) is 0. The molecule has 2 aromatic carbocycles. The van der Waals surface area contributed by atoms with E-state index in [0.29, 0.717) is 29.4 Å². The van der Waals surface area contributed by atoms with Gasteiger partial charge in [-0.15, -0.1) is 15.3 Å². The maximum Gasteiger partial charge on any atom is 0.336 e. The summed E-state index contributed by atoms with van der Waals surface area (Å²) in [5.74, 6) is 0.306. The summed E-state index contributed by atoms with van der Waals surface area (Å²) < 4.78 is 1.67. The SMILES string of the molecule is O=C(O)c1ccccc1CNc1ccc2nnc(-c3ccccc3)n2n1. The Hall–Kier alpha value is -3.74. The fourth-order valence-electron chi connectivity index (χ4n) is 2.72. The van der Waals surface area contributed by atoms with E-state index < -0.39 is 5.97 Å². The van der Waals surface area contributed by atoms with Crippen LogP contribution < -0.4 is 5.32 Å². The minimum atomic E-state index is -0.948. The molecule has 26 heavy (non-hydrogen) atoms. The van der Waals surface area contributed by atoms with Gasteiger partial charge in [-0.2, -0.15) is 4.52 Å². The molecule has 0 amide bonds. The van der Waals surface area contributed by atoms with Gasteiger partial charge in [0.15, 0.2) is 11.5 Å². The first-order valence-corrected chi connectivity index (χ1v) is 8.05. The summed E-state index contributed by atoms with van der Waals surface area (Å²) in [6.07, 6.45) is 0. The highest BCUT2D eigenvalue weighted by Crippen LogP contribution is 2.18. The van der Waals surface area contributed by atoms with Gasteiger partial charge in [0.25, 0.3) is 0 Å². The lowest BCUT2D eigenvalue weighted by atomic mass is 10.1. The molecule has 0 radical (unpaired) electrons. The van der Waals surface area contributed by atoms with Gasteiger partial charge in [0, 0.05) is 12.1 Å². The van der Waals surface area contributed by atoms with Crippen LogP contribution in [0.1, 0.15) is 15.9 Å². The number of carboxylic acid groups (broad SMARTS) is 1. The third-order valence-electron chi connectivity index (χ3n) is 4.00. The molecule has 4 rings (SSSR count). The van der Waals surface area contributed by atoms with Crippen LogP contribution in [0.3, 0.4) is 0 Å². The molecular weight excluding hydrogens is 330 g/mol. The molecule has 0 unspecified atom stereocenters. The Kier molecular flexibility index (Phi) is 4.03. The Labute approximate surface area is 148 Å². The standard InChI is InChI=1S/C19H15N5O2/c25-19(26)15-9-5-4-8-14(15)12-20-16-10-11-17-21-22-18(24(17)23-16)13-6-2-1-3-7-13/h1-11H,12H2,(H,20,23)(H,25,26). The average molecular weight is 345 g/mol. The summed E-state index contributed by atoms with van der Waals surface area (Å²) >= 11 is 0. The summed E-state index contributed by atoms with van der Waals surface area (Å²) in [6, 6.07) is 20.2. The van der Waals surface area contributed by atoms with Gasteiger partial charge in [0.05, 0.1) is 5.56 Å².